The summed E-state index contributed by atoms with van der Waals surface area (Å²) in [6.45, 7) is 2.74. The first-order valence-electron chi connectivity index (χ1n) is 9.03. The molecule has 132 valence electrons. The van der Waals surface area contributed by atoms with Gasteiger partial charge in [0.05, 0.1) is 5.69 Å². The largest absolute Gasteiger partial charge is 0.337 e. The zero-order chi connectivity index (χ0) is 17.2. The molecule has 1 aliphatic carbocycles. The van der Waals surface area contributed by atoms with Crippen LogP contribution in [0.2, 0.25) is 5.02 Å². The van der Waals surface area contributed by atoms with Gasteiger partial charge in [0.1, 0.15) is 0 Å². The summed E-state index contributed by atoms with van der Waals surface area (Å²) in [6, 6.07) is 9.78. The van der Waals surface area contributed by atoms with Crippen LogP contribution in [-0.4, -0.2) is 46.3 Å². The van der Waals surface area contributed by atoms with Crippen molar-refractivity contribution >= 4 is 17.5 Å². The summed E-state index contributed by atoms with van der Waals surface area (Å²) in [4.78, 5) is 14.6. The van der Waals surface area contributed by atoms with Crippen molar-refractivity contribution in [2.75, 3.05) is 19.6 Å². The van der Waals surface area contributed by atoms with E-state index in [1.165, 1.54) is 12.8 Å². The molecule has 1 saturated heterocycles. The third kappa shape index (κ3) is 4.05. The number of hydrogen-bond donors (Lipinski definition) is 1. The molecule has 0 bridgehead atoms. The molecule has 1 N–H and O–H groups in total. The Bertz CT molecular complexity index is 747. The van der Waals surface area contributed by atoms with E-state index in [9.17, 15) is 4.79 Å². The maximum atomic E-state index is 12.7. The van der Waals surface area contributed by atoms with Crippen LogP contribution in [0.5, 0.6) is 0 Å². The van der Waals surface area contributed by atoms with Crippen LogP contribution in [0.15, 0.2) is 36.5 Å². The van der Waals surface area contributed by atoms with E-state index < -0.39 is 0 Å². The second-order valence-corrected chi connectivity index (χ2v) is 7.48. The Morgan fingerprint density at radius 2 is 2.00 bits per heavy atom. The number of nitrogens with one attached hydrogen (secondary N) is 1. The van der Waals surface area contributed by atoms with Gasteiger partial charge in [0.15, 0.2) is 5.69 Å². The Kier molecular flexibility index (Phi) is 4.77. The molecule has 5 nitrogen and oxygen atoms in total. The number of rotatable bonds is 5. The number of benzene rings is 1. The lowest BCUT2D eigenvalue weighted by molar-refractivity contribution is 0.0698. The molecule has 1 aromatic carbocycles. The van der Waals surface area contributed by atoms with E-state index in [0.29, 0.717) is 16.8 Å². The van der Waals surface area contributed by atoms with E-state index in [1.54, 1.807) is 10.7 Å². The van der Waals surface area contributed by atoms with Gasteiger partial charge in [0.2, 0.25) is 0 Å². The lowest BCUT2D eigenvalue weighted by Gasteiger charge is -2.32. The topological polar surface area (TPSA) is 50.2 Å². The first-order valence-corrected chi connectivity index (χ1v) is 9.41. The van der Waals surface area contributed by atoms with Gasteiger partial charge in [0.25, 0.3) is 5.91 Å². The fraction of sp³-hybridized carbons (Fsp3) is 0.474. The second kappa shape index (κ2) is 7.18. The minimum atomic E-state index is 0.0152. The number of piperidine rings is 1. The molecule has 1 aromatic heterocycles. The molecular weight excluding hydrogens is 336 g/mol. The molecule has 25 heavy (non-hydrogen) atoms. The van der Waals surface area contributed by atoms with Crippen LogP contribution < -0.4 is 5.32 Å². The standard InChI is InChI=1S/C19H23ClN4O/c20-15-2-1-3-17(12-15)24-11-8-18(22-24)19(25)23-9-6-16(7-10-23)21-13-14-4-5-14/h1-3,8,11-12,14,16,21H,4-7,9-10,13H2. The zero-order valence-electron chi connectivity index (χ0n) is 14.2. The average Bonchev–Trinajstić information content (AvgIpc) is 3.33. The van der Waals surface area contributed by atoms with Crippen LogP contribution >= 0.6 is 11.6 Å². The van der Waals surface area contributed by atoms with Gasteiger partial charge in [-0.15, -0.1) is 0 Å². The zero-order valence-corrected chi connectivity index (χ0v) is 15.0. The Hall–Kier alpha value is -1.85. The van der Waals surface area contributed by atoms with Crippen LogP contribution in [0, 0.1) is 5.92 Å². The van der Waals surface area contributed by atoms with E-state index in [1.807, 2.05) is 35.4 Å². The number of likely N-dealkylation sites (tertiary alicyclic amines) is 1. The number of halogens is 1. The summed E-state index contributed by atoms with van der Waals surface area (Å²) >= 11 is 6.03. The van der Waals surface area contributed by atoms with Crippen LogP contribution in [0.4, 0.5) is 0 Å². The van der Waals surface area contributed by atoms with Gasteiger partial charge in [-0.1, -0.05) is 17.7 Å². The van der Waals surface area contributed by atoms with E-state index >= 15 is 0 Å². The van der Waals surface area contributed by atoms with Crippen molar-refractivity contribution in [2.24, 2.45) is 5.92 Å². The summed E-state index contributed by atoms with van der Waals surface area (Å²) in [5.41, 5.74) is 1.35. The van der Waals surface area contributed by atoms with E-state index in [0.717, 1.165) is 44.1 Å². The predicted octanol–water partition coefficient (Wildman–Crippen LogP) is 3.13. The highest BCUT2D eigenvalue weighted by Crippen LogP contribution is 2.28. The van der Waals surface area contributed by atoms with Crippen LogP contribution in [0.3, 0.4) is 0 Å². The van der Waals surface area contributed by atoms with E-state index in [-0.39, 0.29) is 5.91 Å². The molecule has 6 heteroatoms. The smallest absolute Gasteiger partial charge is 0.274 e. The normalized spacial score (nSPS) is 18.5. The van der Waals surface area contributed by atoms with Gasteiger partial charge in [-0.05, 0) is 62.4 Å². The Balaban J connectivity index is 1.35. The van der Waals surface area contributed by atoms with Crippen molar-refractivity contribution in [2.45, 2.75) is 31.7 Å². The molecular formula is C19H23ClN4O. The van der Waals surface area contributed by atoms with Gasteiger partial charge >= 0.3 is 0 Å². The first-order chi connectivity index (χ1) is 12.2. The second-order valence-electron chi connectivity index (χ2n) is 7.04. The molecule has 0 spiro atoms. The highest BCUT2D eigenvalue weighted by atomic mass is 35.5. The molecule has 0 atom stereocenters. The van der Waals surface area contributed by atoms with Gasteiger partial charge in [-0.2, -0.15) is 5.10 Å². The van der Waals surface area contributed by atoms with E-state index in [4.69, 9.17) is 11.6 Å². The third-order valence-corrected chi connectivity index (χ3v) is 5.29. The monoisotopic (exact) mass is 358 g/mol. The van der Waals surface area contributed by atoms with E-state index in [2.05, 4.69) is 10.4 Å². The average molecular weight is 359 g/mol. The summed E-state index contributed by atoms with van der Waals surface area (Å²) < 4.78 is 1.70. The van der Waals surface area contributed by atoms with Gasteiger partial charge in [0, 0.05) is 30.4 Å². The molecule has 4 rings (SSSR count). The highest BCUT2D eigenvalue weighted by molar-refractivity contribution is 6.30. The molecule has 2 heterocycles. The maximum absolute atomic E-state index is 12.7. The molecule has 1 saturated carbocycles. The lowest BCUT2D eigenvalue weighted by Crippen LogP contribution is -2.45. The Morgan fingerprint density at radius 1 is 1.20 bits per heavy atom. The van der Waals surface area contributed by atoms with Crippen molar-refractivity contribution in [1.82, 2.24) is 20.0 Å². The van der Waals surface area contributed by atoms with Crippen molar-refractivity contribution in [1.29, 1.82) is 0 Å². The number of nitrogens with zero attached hydrogens (tertiary/aromatic N) is 3. The van der Waals surface area contributed by atoms with Crippen molar-refractivity contribution in [3.05, 3.63) is 47.2 Å². The molecule has 1 amide bonds. The molecule has 2 fully saturated rings. The van der Waals surface area contributed by atoms with Crippen LogP contribution in [-0.2, 0) is 0 Å². The molecule has 0 radical (unpaired) electrons. The molecule has 0 unspecified atom stereocenters. The quantitative estimate of drug-likeness (QED) is 0.893. The number of amides is 1. The van der Waals surface area contributed by atoms with Gasteiger partial charge in [-0.3, -0.25) is 4.79 Å². The minimum Gasteiger partial charge on any atom is -0.337 e. The number of hydrogen-bond acceptors (Lipinski definition) is 3. The maximum Gasteiger partial charge on any atom is 0.274 e. The van der Waals surface area contributed by atoms with Gasteiger partial charge in [-0.25, -0.2) is 4.68 Å². The molecule has 2 aromatic rings. The van der Waals surface area contributed by atoms with Crippen molar-refractivity contribution in [3.63, 3.8) is 0 Å². The predicted molar refractivity (Wildman–Crippen MR) is 98.2 cm³/mol. The van der Waals surface area contributed by atoms with Crippen LogP contribution in [0.25, 0.3) is 5.69 Å². The third-order valence-electron chi connectivity index (χ3n) is 5.06. The fourth-order valence-electron chi connectivity index (χ4n) is 3.30. The number of carbonyl (C=O) groups excluding carboxylic acids is 1. The Morgan fingerprint density at radius 3 is 2.72 bits per heavy atom. The number of aromatic nitrogens is 2. The fourth-order valence-corrected chi connectivity index (χ4v) is 3.49. The minimum absolute atomic E-state index is 0.0152. The summed E-state index contributed by atoms with van der Waals surface area (Å²) in [5.74, 6) is 0.913. The van der Waals surface area contributed by atoms with Gasteiger partial charge < -0.3 is 10.2 Å². The van der Waals surface area contributed by atoms with Crippen molar-refractivity contribution in [3.8, 4) is 5.69 Å². The molecule has 2 aliphatic rings. The van der Waals surface area contributed by atoms with Crippen LogP contribution in [0.1, 0.15) is 36.2 Å². The first kappa shape index (κ1) is 16.6. The number of carbonyl (C=O) groups is 1. The summed E-state index contributed by atoms with van der Waals surface area (Å²) in [6.07, 6.45) is 6.60. The van der Waals surface area contributed by atoms with Crippen molar-refractivity contribution < 1.29 is 4.79 Å². The highest BCUT2D eigenvalue weighted by Gasteiger charge is 2.27. The Labute approximate surface area is 153 Å². The lowest BCUT2D eigenvalue weighted by atomic mass is 10.0. The summed E-state index contributed by atoms with van der Waals surface area (Å²) in [7, 11) is 0. The molecule has 1 aliphatic heterocycles. The SMILES string of the molecule is O=C(c1ccn(-c2cccc(Cl)c2)n1)N1CCC(NCC2CC2)CC1. The summed E-state index contributed by atoms with van der Waals surface area (Å²) in [5, 5.41) is 8.73.